The average molecular weight is 357 g/mol. The van der Waals surface area contributed by atoms with Crippen molar-refractivity contribution in [2.45, 2.75) is 39.2 Å². The average Bonchev–Trinajstić information content (AvgIpc) is 1.82. The van der Waals surface area contributed by atoms with Gasteiger partial charge < -0.3 is 5.11 Å². The number of carbonyl (C=O) groups is 1. The van der Waals surface area contributed by atoms with Crippen molar-refractivity contribution in [3.8, 4) is 0 Å². The van der Waals surface area contributed by atoms with Crippen LogP contribution in [0.2, 0.25) is 0 Å². The summed E-state index contributed by atoms with van der Waals surface area (Å²) in [5, 5.41) is 8.91. The maximum absolute atomic E-state index is 10.4. The quantitative estimate of drug-likeness (QED) is 0.819. The summed E-state index contributed by atoms with van der Waals surface area (Å²) in [4.78, 5) is 10.4. The second-order valence-electron chi connectivity index (χ2n) is 2.27. The van der Waals surface area contributed by atoms with E-state index in [-0.39, 0.29) is 49.8 Å². The Morgan fingerprint density at radius 3 is 2.40 bits per heavy atom. The first-order chi connectivity index (χ1) is 4.18. The summed E-state index contributed by atoms with van der Waals surface area (Å²) >= 11 is 0. The topological polar surface area (TPSA) is 37.3 Å². The van der Waals surface area contributed by atoms with Crippen molar-refractivity contribution < 1.29 is 54.0 Å². The molecule has 0 aliphatic heterocycles. The first kappa shape index (κ1) is 13.6. The molecule has 57 valence electrons. The normalized spacial score (nSPS) is 11.9. The number of carbonyl (C=O) groups excluding carboxylic acids is 1. The Morgan fingerprint density at radius 1 is 1.60 bits per heavy atom. The van der Waals surface area contributed by atoms with Crippen molar-refractivity contribution in [3.63, 3.8) is 0 Å². The molecule has 0 aromatic heterocycles. The number of hydrogen-bond acceptors (Lipinski definition) is 2. The minimum Gasteiger partial charge on any atom is -0.385 e. The van der Waals surface area contributed by atoms with Gasteiger partial charge in [-0.15, -0.1) is 0 Å². The predicted octanol–water partition coefficient (Wildman–Crippen LogP) is 1.13. The molecule has 0 fully saturated rings. The number of unbranched alkanes of at least 4 members (excludes halogenated alkanes) is 1. The van der Waals surface area contributed by atoms with Crippen LogP contribution in [0.25, 0.3) is 0 Å². The van der Waals surface area contributed by atoms with Crippen molar-refractivity contribution in [1.29, 1.82) is 0 Å². The number of aliphatic hydroxyl groups is 1. The third-order valence-corrected chi connectivity index (χ3v) is 1.30. The SMILES string of the molecule is CCCCC(O)C(C)=O.[Ac]. The Hall–Kier alpha value is 1.07. The fourth-order valence-corrected chi connectivity index (χ4v) is 0.601. The number of hydrogen-bond donors (Lipinski definition) is 1. The largest absolute Gasteiger partial charge is 0.385 e. The van der Waals surface area contributed by atoms with Crippen LogP contribution in [0.15, 0.2) is 0 Å². The van der Waals surface area contributed by atoms with Gasteiger partial charge in [-0.05, 0) is 13.3 Å². The van der Waals surface area contributed by atoms with Crippen molar-refractivity contribution in [2.24, 2.45) is 0 Å². The zero-order chi connectivity index (χ0) is 7.28. The predicted molar refractivity (Wildman–Crippen MR) is 36.2 cm³/mol. The molecule has 2 nitrogen and oxygen atoms in total. The summed E-state index contributed by atoms with van der Waals surface area (Å²) in [5.41, 5.74) is 0. The third-order valence-electron chi connectivity index (χ3n) is 1.30. The minimum absolute atomic E-state index is 0. The van der Waals surface area contributed by atoms with Crippen molar-refractivity contribution in [3.05, 3.63) is 0 Å². The zero-order valence-electron chi connectivity index (χ0n) is 6.63. The van der Waals surface area contributed by atoms with Crippen molar-refractivity contribution >= 4 is 5.78 Å². The van der Waals surface area contributed by atoms with Gasteiger partial charge in [-0.2, -0.15) is 0 Å². The molecule has 1 N–H and O–H groups in total. The molecule has 3 heteroatoms. The Labute approximate surface area is 97.9 Å². The Balaban J connectivity index is 0. The van der Waals surface area contributed by atoms with E-state index in [0.717, 1.165) is 12.8 Å². The molecule has 0 spiro atoms. The standard InChI is InChI=1S/C7H14O2.Ac/c1-3-4-5-7(9)6(2)8;/h7,9H,3-5H2,1-2H3;. The smallest absolute Gasteiger partial charge is 0.158 e. The molecule has 1 atom stereocenters. The van der Waals surface area contributed by atoms with Gasteiger partial charge in [0.05, 0.1) is 0 Å². The Bertz CT molecular complexity index is 93.6. The molecule has 0 saturated carbocycles. The molecular formula is C7H14AcO2. The summed E-state index contributed by atoms with van der Waals surface area (Å²) in [5.74, 6) is -0.122. The summed E-state index contributed by atoms with van der Waals surface area (Å²) < 4.78 is 0. The molecule has 1 radical (unpaired) electrons. The van der Waals surface area contributed by atoms with Crippen LogP contribution in [0.1, 0.15) is 33.1 Å². The van der Waals surface area contributed by atoms with Crippen LogP contribution in [0.5, 0.6) is 0 Å². The van der Waals surface area contributed by atoms with Crippen LogP contribution in [-0.4, -0.2) is 17.0 Å². The van der Waals surface area contributed by atoms with E-state index < -0.39 is 6.10 Å². The van der Waals surface area contributed by atoms with Crippen LogP contribution in [0, 0.1) is 44.1 Å². The second-order valence-corrected chi connectivity index (χ2v) is 2.27. The van der Waals surface area contributed by atoms with Crippen molar-refractivity contribution in [1.82, 2.24) is 0 Å². The van der Waals surface area contributed by atoms with E-state index in [1.165, 1.54) is 6.92 Å². The molecule has 0 aliphatic carbocycles. The molecule has 0 saturated heterocycles. The van der Waals surface area contributed by atoms with Gasteiger partial charge in [0, 0.05) is 44.1 Å². The van der Waals surface area contributed by atoms with E-state index in [0.29, 0.717) is 6.42 Å². The molecule has 0 rings (SSSR count). The first-order valence-corrected chi connectivity index (χ1v) is 3.37. The van der Waals surface area contributed by atoms with E-state index in [4.69, 9.17) is 5.11 Å². The van der Waals surface area contributed by atoms with E-state index in [9.17, 15) is 4.79 Å². The molecule has 0 bridgehead atoms. The third kappa shape index (κ3) is 7.18. The molecular weight excluding hydrogens is 343 g/mol. The maximum atomic E-state index is 10.4. The molecule has 0 amide bonds. The van der Waals surface area contributed by atoms with Crippen molar-refractivity contribution in [2.75, 3.05) is 0 Å². The van der Waals surface area contributed by atoms with Gasteiger partial charge in [0.15, 0.2) is 5.78 Å². The number of ketones is 1. The van der Waals surface area contributed by atoms with Crippen LogP contribution >= 0.6 is 0 Å². The van der Waals surface area contributed by atoms with Gasteiger partial charge in [0.1, 0.15) is 6.10 Å². The van der Waals surface area contributed by atoms with E-state index in [1.54, 1.807) is 0 Å². The molecule has 0 aromatic carbocycles. The van der Waals surface area contributed by atoms with E-state index >= 15 is 0 Å². The minimum atomic E-state index is -0.718. The summed E-state index contributed by atoms with van der Waals surface area (Å²) in [6.07, 6.45) is 1.86. The zero-order valence-corrected chi connectivity index (χ0v) is 11.4. The monoisotopic (exact) mass is 357 g/mol. The molecule has 0 aliphatic rings. The molecule has 0 aromatic rings. The summed E-state index contributed by atoms with van der Waals surface area (Å²) in [6.45, 7) is 3.45. The second kappa shape index (κ2) is 8.17. The first-order valence-electron chi connectivity index (χ1n) is 3.37. The van der Waals surface area contributed by atoms with Gasteiger partial charge in [0.2, 0.25) is 0 Å². The Kier molecular flexibility index (Phi) is 11.2. The van der Waals surface area contributed by atoms with Crippen LogP contribution in [0.4, 0.5) is 0 Å². The van der Waals surface area contributed by atoms with E-state index in [2.05, 4.69) is 0 Å². The van der Waals surface area contributed by atoms with Crippen LogP contribution in [0.3, 0.4) is 0 Å². The summed E-state index contributed by atoms with van der Waals surface area (Å²) in [7, 11) is 0. The van der Waals surface area contributed by atoms with E-state index in [1.807, 2.05) is 6.92 Å². The van der Waals surface area contributed by atoms with Gasteiger partial charge in [-0.3, -0.25) is 4.79 Å². The fourth-order valence-electron chi connectivity index (χ4n) is 0.601. The fraction of sp³-hybridized carbons (Fsp3) is 0.857. The van der Waals surface area contributed by atoms with Gasteiger partial charge >= 0.3 is 0 Å². The van der Waals surface area contributed by atoms with Gasteiger partial charge in [0.25, 0.3) is 0 Å². The van der Waals surface area contributed by atoms with Gasteiger partial charge in [-0.1, -0.05) is 19.8 Å². The number of rotatable bonds is 4. The molecule has 0 heterocycles. The Morgan fingerprint density at radius 2 is 2.10 bits per heavy atom. The van der Waals surface area contributed by atoms with Crippen LogP contribution < -0.4 is 0 Å². The maximum Gasteiger partial charge on any atom is 0.158 e. The molecule has 10 heavy (non-hydrogen) atoms. The summed E-state index contributed by atoms with van der Waals surface area (Å²) in [6, 6.07) is 0. The van der Waals surface area contributed by atoms with Gasteiger partial charge in [-0.25, -0.2) is 0 Å². The number of aliphatic hydroxyl groups excluding tert-OH is 1. The number of Topliss-reactive ketones (excluding diaryl/α,β-unsaturated/α-hetero) is 1. The molecule has 1 unspecified atom stereocenters. The van der Waals surface area contributed by atoms with Crippen LogP contribution in [-0.2, 0) is 4.79 Å².